The summed E-state index contributed by atoms with van der Waals surface area (Å²) in [5.41, 5.74) is 1.27. The first kappa shape index (κ1) is 20.4. The third kappa shape index (κ3) is 5.39. The maximum atomic E-state index is 13.9. The van der Waals surface area contributed by atoms with Crippen molar-refractivity contribution in [3.05, 3.63) is 84.3 Å². The molecule has 1 N–H and O–H groups in total. The summed E-state index contributed by atoms with van der Waals surface area (Å²) in [6.07, 6.45) is 7.81. The number of benzene rings is 1. The predicted molar refractivity (Wildman–Crippen MR) is 109 cm³/mol. The maximum Gasteiger partial charge on any atom is 0.226 e. The van der Waals surface area contributed by atoms with Crippen molar-refractivity contribution in [3.8, 4) is 11.3 Å². The molecule has 0 radical (unpaired) electrons. The van der Waals surface area contributed by atoms with Crippen molar-refractivity contribution in [2.45, 2.75) is 25.8 Å². The first-order chi connectivity index (χ1) is 15.1. The minimum Gasteiger partial charge on any atom is -0.441 e. The molecule has 0 saturated heterocycles. The molecule has 0 bridgehead atoms. The summed E-state index contributed by atoms with van der Waals surface area (Å²) < 4.78 is 34.1. The number of amides is 1. The topological polar surface area (TPSA) is 85.8 Å². The van der Waals surface area contributed by atoms with E-state index < -0.39 is 11.6 Å². The number of carbonyl (C=O) groups excluding carboxylic acids is 1. The summed E-state index contributed by atoms with van der Waals surface area (Å²) >= 11 is 0. The minimum absolute atomic E-state index is 0.113. The number of nitrogens with zero attached hydrogens (tertiary/aromatic N) is 4. The van der Waals surface area contributed by atoms with Crippen LogP contribution in [-0.2, 0) is 24.2 Å². The van der Waals surface area contributed by atoms with Gasteiger partial charge in [0, 0.05) is 50.1 Å². The molecule has 0 spiro atoms. The van der Waals surface area contributed by atoms with Crippen LogP contribution in [0.15, 0.2) is 65.6 Å². The fourth-order valence-electron chi connectivity index (χ4n) is 3.01. The highest BCUT2D eigenvalue weighted by Crippen LogP contribution is 2.24. The van der Waals surface area contributed by atoms with Crippen LogP contribution in [0.25, 0.3) is 11.3 Å². The minimum atomic E-state index is -0.736. The predicted octanol–water partition coefficient (Wildman–Crippen LogP) is 4.03. The Labute approximate surface area is 176 Å². The van der Waals surface area contributed by atoms with E-state index in [1.807, 2.05) is 12.1 Å². The Balaban J connectivity index is 1.27. The smallest absolute Gasteiger partial charge is 0.226 e. The second-order valence-electron chi connectivity index (χ2n) is 6.86. The third-order valence-corrected chi connectivity index (χ3v) is 4.60. The van der Waals surface area contributed by atoms with Gasteiger partial charge in [0.2, 0.25) is 5.91 Å². The van der Waals surface area contributed by atoms with Crippen LogP contribution in [-0.4, -0.2) is 25.7 Å². The molecule has 9 heteroatoms. The zero-order valence-electron chi connectivity index (χ0n) is 16.5. The lowest BCUT2D eigenvalue weighted by molar-refractivity contribution is -0.116. The molecule has 0 fully saturated rings. The Morgan fingerprint density at radius 3 is 2.74 bits per heavy atom. The van der Waals surface area contributed by atoms with E-state index in [0.29, 0.717) is 12.4 Å². The van der Waals surface area contributed by atoms with Gasteiger partial charge in [-0.2, -0.15) is 5.10 Å². The molecule has 4 aromatic rings. The van der Waals surface area contributed by atoms with E-state index in [-0.39, 0.29) is 36.0 Å². The zero-order chi connectivity index (χ0) is 21.6. The van der Waals surface area contributed by atoms with Crippen molar-refractivity contribution < 1.29 is 18.0 Å². The first-order valence-electron chi connectivity index (χ1n) is 9.69. The molecule has 31 heavy (non-hydrogen) atoms. The molecular formula is C22H19F2N5O2. The molecule has 3 heterocycles. The van der Waals surface area contributed by atoms with E-state index in [2.05, 4.69) is 20.4 Å². The zero-order valence-corrected chi connectivity index (χ0v) is 16.5. The van der Waals surface area contributed by atoms with Gasteiger partial charge in [0.1, 0.15) is 11.6 Å². The van der Waals surface area contributed by atoms with Crippen LogP contribution in [0, 0.1) is 11.6 Å². The van der Waals surface area contributed by atoms with Crippen molar-refractivity contribution in [2.75, 3.05) is 5.32 Å². The van der Waals surface area contributed by atoms with Gasteiger partial charge in [-0.3, -0.25) is 14.5 Å². The van der Waals surface area contributed by atoms with E-state index in [0.717, 1.165) is 24.1 Å². The van der Waals surface area contributed by atoms with Crippen LogP contribution in [0.5, 0.6) is 0 Å². The number of nitrogens with one attached hydrogen (secondary N) is 1. The first-order valence-corrected chi connectivity index (χ1v) is 9.69. The second kappa shape index (κ2) is 9.29. The van der Waals surface area contributed by atoms with Gasteiger partial charge in [0.15, 0.2) is 17.5 Å². The maximum absolute atomic E-state index is 13.9. The Morgan fingerprint density at radius 1 is 1.10 bits per heavy atom. The number of hydrogen-bond donors (Lipinski definition) is 1. The summed E-state index contributed by atoms with van der Waals surface area (Å²) in [5, 5.41) is 7.07. The highest BCUT2D eigenvalue weighted by atomic mass is 19.1. The Morgan fingerprint density at radius 2 is 1.94 bits per heavy atom. The quantitative estimate of drug-likeness (QED) is 0.463. The lowest BCUT2D eigenvalue weighted by atomic mass is 10.2. The monoisotopic (exact) mass is 423 g/mol. The van der Waals surface area contributed by atoms with E-state index in [4.69, 9.17) is 4.42 Å². The van der Waals surface area contributed by atoms with Gasteiger partial charge in [-0.05, 0) is 36.2 Å². The molecule has 0 aliphatic carbocycles. The molecule has 0 aliphatic heterocycles. The largest absolute Gasteiger partial charge is 0.441 e. The number of aryl methyl sites for hydroxylation is 3. The number of rotatable bonds is 8. The Hall–Kier alpha value is -3.88. The fraction of sp³-hybridized carbons (Fsp3) is 0.182. The van der Waals surface area contributed by atoms with Crippen LogP contribution in [0.3, 0.4) is 0 Å². The Bertz CT molecular complexity index is 1170. The average Bonchev–Trinajstić information content (AvgIpc) is 3.41. The van der Waals surface area contributed by atoms with Crippen LogP contribution in [0.2, 0.25) is 0 Å². The Kier molecular flexibility index (Phi) is 6.11. The van der Waals surface area contributed by atoms with E-state index in [1.54, 1.807) is 29.3 Å². The molecular weight excluding hydrogens is 404 g/mol. The SMILES string of the molecule is O=C(CCc1ncc(-c2ccc(F)cc2F)o1)Nc1ccn(CCc2ccncc2)n1. The van der Waals surface area contributed by atoms with Crippen molar-refractivity contribution in [1.29, 1.82) is 0 Å². The summed E-state index contributed by atoms with van der Waals surface area (Å²) in [6, 6.07) is 8.83. The summed E-state index contributed by atoms with van der Waals surface area (Å²) in [4.78, 5) is 20.3. The molecule has 1 amide bonds. The van der Waals surface area contributed by atoms with E-state index in [9.17, 15) is 13.6 Å². The van der Waals surface area contributed by atoms with Gasteiger partial charge in [-0.15, -0.1) is 0 Å². The summed E-state index contributed by atoms with van der Waals surface area (Å²) in [5.74, 6) is -0.719. The van der Waals surface area contributed by atoms with Crippen LogP contribution < -0.4 is 5.32 Å². The van der Waals surface area contributed by atoms with Crippen molar-refractivity contribution >= 4 is 11.7 Å². The lowest BCUT2D eigenvalue weighted by Crippen LogP contribution is -2.13. The molecule has 158 valence electrons. The molecule has 3 aromatic heterocycles. The van der Waals surface area contributed by atoms with Gasteiger partial charge in [0.05, 0.1) is 11.8 Å². The number of oxazole rings is 1. The fourth-order valence-corrected chi connectivity index (χ4v) is 3.01. The summed E-state index contributed by atoms with van der Waals surface area (Å²) in [7, 11) is 0. The third-order valence-electron chi connectivity index (χ3n) is 4.60. The van der Waals surface area contributed by atoms with Gasteiger partial charge in [-0.25, -0.2) is 13.8 Å². The van der Waals surface area contributed by atoms with Crippen molar-refractivity contribution in [1.82, 2.24) is 19.7 Å². The van der Waals surface area contributed by atoms with E-state index in [1.165, 1.54) is 12.3 Å². The van der Waals surface area contributed by atoms with Crippen LogP contribution in [0.4, 0.5) is 14.6 Å². The highest BCUT2D eigenvalue weighted by molar-refractivity contribution is 5.89. The molecule has 0 atom stereocenters. The molecule has 0 unspecified atom stereocenters. The standard InChI is InChI=1S/C22H19F2N5O2/c23-16-1-2-17(18(24)13-16)19-14-26-22(31-19)4-3-21(30)27-20-8-12-29(28-20)11-7-15-5-9-25-10-6-15/h1-2,5-6,8-10,12-14H,3-4,7,11H2,(H,27,28,30). The van der Waals surface area contributed by atoms with Crippen molar-refractivity contribution in [3.63, 3.8) is 0 Å². The van der Waals surface area contributed by atoms with Gasteiger partial charge < -0.3 is 9.73 Å². The average molecular weight is 423 g/mol. The lowest BCUT2D eigenvalue weighted by Gasteiger charge is -2.03. The normalized spacial score (nSPS) is 10.9. The summed E-state index contributed by atoms with van der Waals surface area (Å²) in [6.45, 7) is 0.679. The van der Waals surface area contributed by atoms with E-state index >= 15 is 0 Å². The molecule has 4 rings (SSSR count). The number of pyridine rings is 1. The second-order valence-corrected chi connectivity index (χ2v) is 6.86. The molecule has 0 saturated carbocycles. The highest BCUT2D eigenvalue weighted by Gasteiger charge is 2.13. The van der Waals surface area contributed by atoms with Crippen LogP contribution in [0.1, 0.15) is 17.9 Å². The van der Waals surface area contributed by atoms with Gasteiger partial charge in [0.25, 0.3) is 0 Å². The van der Waals surface area contributed by atoms with Crippen LogP contribution >= 0.6 is 0 Å². The number of anilines is 1. The van der Waals surface area contributed by atoms with Gasteiger partial charge >= 0.3 is 0 Å². The number of carbonyl (C=O) groups is 1. The number of halogens is 2. The molecule has 1 aromatic carbocycles. The number of hydrogen-bond acceptors (Lipinski definition) is 5. The molecule has 0 aliphatic rings. The van der Waals surface area contributed by atoms with Gasteiger partial charge in [-0.1, -0.05) is 0 Å². The molecule has 7 nitrogen and oxygen atoms in total. The van der Waals surface area contributed by atoms with Crippen molar-refractivity contribution in [2.24, 2.45) is 0 Å². The number of aromatic nitrogens is 4.